The minimum absolute atomic E-state index is 0.0392. The Morgan fingerprint density at radius 3 is 2.33 bits per heavy atom. The van der Waals surface area contributed by atoms with Gasteiger partial charge in [-0.05, 0) is 29.8 Å². The number of carboxylic acid groups (broad SMARTS) is 2. The van der Waals surface area contributed by atoms with Crippen LogP contribution in [0, 0.1) is 0 Å². The summed E-state index contributed by atoms with van der Waals surface area (Å²) in [6.07, 6.45) is -5.08. The van der Waals surface area contributed by atoms with E-state index in [1.807, 2.05) is 38.4 Å². The van der Waals surface area contributed by atoms with Crippen molar-refractivity contribution in [3.8, 4) is 0 Å². The third-order valence-corrected chi connectivity index (χ3v) is 3.96. The number of rotatable bonds is 5. The third-order valence-electron chi connectivity index (χ3n) is 3.96. The Morgan fingerprint density at radius 1 is 1.13 bits per heavy atom. The molecular formula is C19H19F3N4O4. The van der Waals surface area contributed by atoms with Gasteiger partial charge in [0, 0.05) is 37.4 Å². The van der Waals surface area contributed by atoms with Gasteiger partial charge in [-0.2, -0.15) is 18.3 Å². The Hall–Kier alpha value is -3.76. The minimum Gasteiger partial charge on any atom is -0.476 e. The number of carbonyl (C=O) groups is 2. The maximum atomic E-state index is 11.2. The minimum atomic E-state index is -5.08. The van der Waals surface area contributed by atoms with Crippen LogP contribution in [0.5, 0.6) is 0 Å². The summed E-state index contributed by atoms with van der Waals surface area (Å²) in [5.41, 5.74) is 3.92. The first-order chi connectivity index (χ1) is 14.0. The molecule has 8 nitrogen and oxygen atoms in total. The number of fused-ring (bicyclic) bond motifs is 1. The van der Waals surface area contributed by atoms with Gasteiger partial charge in [-0.1, -0.05) is 18.2 Å². The normalized spacial score (nSPS) is 10.8. The van der Waals surface area contributed by atoms with E-state index in [2.05, 4.69) is 32.5 Å². The fourth-order valence-electron chi connectivity index (χ4n) is 2.58. The Balaban J connectivity index is 0.000000396. The number of nitrogens with zero attached hydrogens (tertiary/aromatic N) is 2. The number of aliphatic carboxylic acids is 1. The Morgan fingerprint density at radius 2 is 1.77 bits per heavy atom. The van der Waals surface area contributed by atoms with Gasteiger partial charge in [0.15, 0.2) is 5.69 Å². The van der Waals surface area contributed by atoms with Crippen LogP contribution in [0.1, 0.15) is 16.1 Å². The van der Waals surface area contributed by atoms with Gasteiger partial charge in [0.2, 0.25) is 0 Å². The second kappa shape index (κ2) is 9.16. The van der Waals surface area contributed by atoms with E-state index in [9.17, 15) is 18.0 Å². The van der Waals surface area contributed by atoms with E-state index in [1.165, 1.54) is 5.56 Å². The predicted octanol–water partition coefficient (Wildman–Crippen LogP) is 3.57. The highest BCUT2D eigenvalue weighted by Crippen LogP contribution is 2.23. The number of hydrogen-bond donors (Lipinski definition) is 4. The molecule has 0 radical (unpaired) electrons. The van der Waals surface area contributed by atoms with E-state index in [0.29, 0.717) is 17.4 Å². The van der Waals surface area contributed by atoms with Crippen molar-refractivity contribution in [2.24, 2.45) is 0 Å². The molecule has 0 fully saturated rings. The summed E-state index contributed by atoms with van der Waals surface area (Å²) < 4.78 is 31.7. The van der Waals surface area contributed by atoms with E-state index < -0.39 is 18.1 Å². The van der Waals surface area contributed by atoms with E-state index in [-0.39, 0.29) is 5.69 Å². The quantitative estimate of drug-likeness (QED) is 0.494. The molecule has 4 N–H and O–H groups in total. The van der Waals surface area contributed by atoms with Gasteiger partial charge < -0.3 is 20.4 Å². The molecule has 0 saturated heterocycles. The van der Waals surface area contributed by atoms with Gasteiger partial charge in [0.1, 0.15) is 0 Å². The Labute approximate surface area is 168 Å². The second-order valence-electron chi connectivity index (χ2n) is 6.32. The zero-order valence-corrected chi connectivity index (χ0v) is 16.0. The number of alkyl halides is 3. The first kappa shape index (κ1) is 22.5. The number of nitrogens with one attached hydrogen (secondary N) is 2. The highest BCUT2D eigenvalue weighted by molar-refractivity contribution is 6.01. The first-order valence-corrected chi connectivity index (χ1v) is 8.51. The van der Waals surface area contributed by atoms with Crippen LogP contribution in [0.2, 0.25) is 0 Å². The van der Waals surface area contributed by atoms with Crippen LogP contribution >= 0.6 is 0 Å². The van der Waals surface area contributed by atoms with Crippen LogP contribution in [0.15, 0.2) is 42.5 Å². The lowest BCUT2D eigenvalue weighted by molar-refractivity contribution is -0.192. The number of carboxylic acids is 2. The monoisotopic (exact) mass is 424 g/mol. The first-order valence-electron chi connectivity index (χ1n) is 8.51. The van der Waals surface area contributed by atoms with Gasteiger partial charge in [0.25, 0.3) is 0 Å². The van der Waals surface area contributed by atoms with Gasteiger partial charge >= 0.3 is 18.1 Å². The summed E-state index contributed by atoms with van der Waals surface area (Å²) in [6, 6.07) is 13.7. The fraction of sp³-hybridized carbons (Fsp3) is 0.211. The number of aromatic nitrogens is 2. The summed E-state index contributed by atoms with van der Waals surface area (Å²) in [5.74, 6) is -3.79. The molecule has 0 aliphatic rings. The van der Waals surface area contributed by atoms with Crippen molar-refractivity contribution < 1.29 is 33.0 Å². The lowest BCUT2D eigenvalue weighted by Gasteiger charge is -2.18. The van der Waals surface area contributed by atoms with E-state index in [0.717, 1.165) is 11.4 Å². The zero-order chi connectivity index (χ0) is 22.5. The molecule has 160 valence electrons. The molecule has 0 aliphatic heterocycles. The van der Waals surface area contributed by atoms with Crippen LogP contribution in [0.3, 0.4) is 0 Å². The number of para-hydroxylation sites is 1. The van der Waals surface area contributed by atoms with Gasteiger partial charge in [-0.15, -0.1) is 0 Å². The fourth-order valence-corrected chi connectivity index (χ4v) is 2.58. The Bertz CT molecular complexity index is 1050. The number of benzene rings is 2. The van der Waals surface area contributed by atoms with Crippen LogP contribution in [-0.4, -0.2) is 52.6 Å². The number of halogens is 3. The van der Waals surface area contributed by atoms with Crippen LogP contribution in [-0.2, 0) is 11.3 Å². The topological polar surface area (TPSA) is 119 Å². The molecule has 3 aromatic rings. The molecule has 1 aromatic heterocycles. The number of hydrogen-bond acceptors (Lipinski definition) is 5. The van der Waals surface area contributed by atoms with Gasteiger partial charge in [-0.25, -0.2) is 9.59 Å². The average Bonchev–Trinajstić information content (AvgIpc) is 3.09. The van der Waals surface area contributed by atoms with Gasteiger partial charge in [0.05, 0.1) is 5.52 Å². The maximum absolute atomic E-state index is 11.2. The lowest BCUT2D eigenvalue weighted by atomic mass is 10.1. The summed E-state index contributed by atoms with van der Waals surface area (Å²) in [6.45, 7) is 0.653. The number of anilines is 2. The molecule has 0 amide bonds. The molecule has 0 atom stereocenters. The summed E-state index contributed by atoms with van der Waals surface area (Å²) in [7, 11) is 4.02. The molecule has 0 bridgehead atoms. The van der Waals surface area contributed by atoms with Crippen molar-refractivity contribution in [2.45, 2.75) is 12.7 Å². The highest BCUT2D eigenvalue weighted by Gasteiger charge is 2.38. The molecule has 2 aromatic carbocycles. The largest absolute Gasteiger partial charge is 0.490 e. The van der Waals surface area contributed by atoms with Crippen LogP contribution in [0.25, 0.3) is 10.9 Å². The molecule has 0 aliphatic carbocycles. The lowest BCUT2D eigenvalue weighted by Crippen LogP contribution is -2.21. The molecule has 1 heterocycles. The van der Waals surface area contributed by atoms with Crippen molar-refractivity contribution in [1.82, 2.24) is 10.2 Å². The van der Waals surface area contributed by atoms with Crippen LogP contribution in [0.4, 0.5) is 24.5 Å². The predicted molar refractivity (Wildman–Crippen MR) is 105 cm³/mol. The summed E-state index contributed by atoms with van der Waals surface area (Å²) in [5, 5.41) is 26.8. The van der Waals surface area contributed by atoms with E-state index >= 15 is 0 Å². The third kappa shape index (κ3) is 5.63. The smallest absolute Gasteiger partial charge is 0.476 e. The van der Waals surface area contributed by atoms with Crippen molar-refractivity contribution in [1.29, 1.82) is 0 Å². The zero-order valence-electron chi connectivity index (χ0n) is 16.0. The molecule has 11 heteroatoms. The average molecular weight is 424 g/mol. The van der Waals surface area contributed by atoms with E-state index in [4.69, 9.17) is 15.0 Å². The van der Waals surface area contributed by atoms with Crippen LogP contribution < -0.4 is 10.2 Å². The molecular weight excluding hydrogens is 405 g/mol. The van der Waals surface area contributed by atoms with Gasteiger partial charge in [-0.3, -0.25) is 5.10 Å². The molecule has 0 unspecified atom stereocenters. The summed E-state index contributed by atoms with van der Waals surface area (Å²) in [4.78, 5) is 22.1. The maximum Gasteiger partial charge on any atom is 0.490 e. The molecule has 0 saturated carbocycles. The van der Waals surface area contributed by atoms with Crippen molar-refractivity contribution in [3.05, 3.63) is 53.7 Å². The summed E-state index contributed by atoms with van der Waals surface area (Å²) >= 11 is 0. The second-order valence-corrected chi connectivity index (χ2v) is 6.32. The number of aromatic carboxylic acids is 1. The van der Waals surface area contributed by atoms with Crippen molar-refractivity contribution in [2.75, 3.05) is 24.3 Å². The Kier molecular flexibility index (Phi) is 6.88. The van der Waals surface area contributed by atoms with Crippen molar-refractivity contribution >= 4 is 34.2 Å². The van der Waals surface area contributed by atoms with E-state index in [1.54, 1.807) is 6.07 Å². The molecule has 3 rings (SSSR count). The highest BCUT2D eigenvalue weighted by atomic mass is 19.4. The molecule has 30 heavy (non-hydrogen) atoms. The number of H-pyrrole nitrogens is 1. The van der Waals surface area contributed by atoms with Crippen molar-refractivity contribution in [3.63, 3.8) is 0 Å². The molecule has 0 spiro atoms. The number of aromatic amines is 1. The standard InChI is InChI=1S/C17H18N4O2.C2HF3O2/c1-21(2)15-6-4-3-5-11(15)10-18-12-7-8-14-13(9-12)16(17(22)23)20-19-14;3-2(4,5)1(6)7/h3-9,18H,10H2,1-2H3,(H,19,20)(H,22,23);(H,6,7). The SMILES string of the molecule is CN(C)c1ccccc1CNc1ccc2[nH]nc(C(=O)O)c2c1.O=C(O)C(F)(F)F.